The first-order valence-corrected chi connectivity index (χ1v) is 6.79. The molecule has 2 aromatic rings. The standard InChI is InChI=1S/C16H18FNO/c1-11-8-14(9-11)18-10-15-6-7-16(19-15)12-2-4-13(17)5-3-12/h2-7,11,14,18H,8-10H2,1H3. The predicted octanol–water partition coefficient (Wildman–Crippen LogP) is 3.97. The summed E-state index contributed by atoms with van der Waals surface area (Å²) in [5.41, 5.74) is 0.907. The molecule has 1 aliphatic carbocycles. The van der Waals surface area contributed by atoms with Crippen LogP contribution in [0.1, 0.15) is 25.5 Å². The number of rotatable bonds is 4. The van der Waals surface area contributed by atoms with Crippen LogP contribution in [0.3, 0.4) is 0 Å². The van der Waals surface area contributed by atoms with Gasteiger partial charge in [0.25, 0.3) is 0 Å². The van der Waals surface area contributed by atoms with Gasteiger partial charge in [0.15, 0.2) is 0 Å². The van der Waals surface area contributed by atoms with E-state index >= 15 is 0 Å². The first-order valence-electron chi connectivity index (χ1n) is 6.79. The fourth-order valence-electron chi connectivity index (χ4n) is 2.56. The van der Waals surface area contributed by atoms with Crippen molar-refractivity contribution < 1.29 is 8.81 Å². The molecule has 1 aromatic heterocycles. The molecule has 3 heteroatoms. The SMILES string of the molecule is CC1CC(NCc2ccc(-c3ccc(F)cc3)o2)C1. The van der Waals surface area contributed by atoms with Crippen molar-refractivity contribution in [2.75, 3.05) is 0 Å². The van der Waals surface area contributed by atoms with Crippen molar-refractivity contribution in [2.45, 2.75) is 32.4 Å². The van der Waals surface area contributed by atoms with E-state index in [0.717, 1.165) is 29.5 Å². The van der Waals surface area contributed by atoms with Crippen LogP contribution in [0.2, 0.25) is 0 Å². The molecule has 0 unspecified atom stereocenters. The first-order chi connectivity index (χ1) is 9.20. The van der Waals surface area contributed by atoms with Crippen LogP contribution >= 0.6 is 0 Å². The molecule has 0 amide bonds. The van der Waals surface area contributed by atoms with E-state index < -0.39 is 0 Å². The Balaban J connectivity index is 1.61. The minimum atomic E-state index is -0.226. The van der Waals surface area contributed by atoms with Gasteiger partial charge in [0.05, 0.1) is 6.54 Å². The van der Waals surface area contributed by atoms with Crippen LogP contribution in [0.15, 0.2) is 40.8 Å². The summed E-state index contributed by atoms with van der Waals surface area (Å²) in [7, 11) is 0. The van der Waals surface area contributed by atoms with E-state index in [1.807, 2.05) is 12.1 Å². The lowest BCUT2D eigenvalue weighted by molar-refractivity contribution is 0.235. The highest BCUT2D eigenvalue weighted by Crippen LogP contribution is 2.27. The Kier molecular flexibility index (Phi) is 3.38. The largest absolute Gasteiger partial charge is 0.460 e. The highest BCUT2D eigenvalue weighted by Gasteiger charge is 2.24. The molecular formula is C16H18FNO. The maximum absolute atomic E-state index is 12.9. The van der Waals surface area contributed by atoms with E-state index in [9.17, 15) is 4.39 Å². The second-order valence-corrected chi connectivity index (χ2v) is 5.43. The zero-order valence-corrected chi connectivity index (χ0v) is 11.0. The summed E-state index contributed by atoms with van der Waals surface area (Å²) >= 11 is 0. The monoisotopic (exact) mass is 259 g/mol. The molecule has 0 saturated heterocycles. The van der Waals surface area contributed by atoms with Crippen LogP contribution in [-0.4, -0.2) is 6.04 Å². The summed E-state index contributed by atoms with van der Waals surface area (Å²) in [4.78, 5) is 0. The Morgan fingerprint density at radius 2 is 1.89 bits per heavy atom. The molecule has 1 heterocycles. The van der Waals surface area contributed by atoms with Gasteiger partial charge in [-0.15, -0.1) is 0 Å². The number of nitrogens with one attached hydrogen (secondary N) is 1. The van der Waals surface area contributed by atoms with Gasteiger partial charge in [-0.2, -0.15) is 0 Å². The van der Waals surface area contributed by atoms with Gasteiger partial charge in [-0.3, -0.25) is 0 Å². The summed E-state index contributed by atoms with van der Waals surface area (Å²) in [6, 6.07) is 10.9. The zero-order chi connectivity index (χ0) is 13.2. The molecule has 0 aliphatic heterocycles. The summed E-state index contributed by atoms with van der Waals surface area (Å²) in [5.74, 6) is 2.35. The van der Waals surface area contributed by atoms with Crippen LogP contribution in [0, 0.1) is 11.7 Å². The average molecular weight is 259 g/mol. The molecule has 19 heavy (non-hydrogen) atoms. The van der Waals surface area contributed by atoms with E-state index in [-0.39, 0.29) is 5.82 Å². The fourth-order valence-corrected chi connectivity index (χ4v) is 2.56. The third-order valence-corrected chi connectivity index (χ3v) is 3.73. The Bertz CT molecular complexity index is 540. The second kappa shape index (κ2) is 5.17. The van der Waals surface area contributed by atoms with Crippen LogP contribution in [0.5, 0.6) is 0 Å². The highest BCUT2D eigenvalue weighted by molar-refractivity contribution is 5.57. The quantitative estimate of drug-likeness (QED) is 0.898. The molecule has 1 fully saturated rings. The Hall–Kier alpha value is -1.61. The van der Waals surface area contributed by atoms with E-state index in [4.69, 9.17) is 4.42 Å². The van der Waals surface area contributed by atoms with Crippen molar-refractivity contribution in [2.24, 2.45) is 5.92 Å². The third-order valence-electron chi connectivity index (χ3n) is 3.73. The predicted molar refractivity (Wildman–Crippen MR) is 73.1 cm³/mol. The highest BCUT2D eigenvalue weighted by atomic mass is 19.1. The number of halogens is 1. The minimum absolute atomic E-state index is 0.226. The number of hydrogen-bond donors (Lipinski definition) is 1. The molecule has 2 nitrogen and oxygen atoms in total. The van der Waals surface area contributed by atoms with E-state index in [1.54, 1.807) is 12.1 Å². The lowest BCUT2D eigenvalue weighted by atomic mass is 9.82. The van der Waals surface area contributed by atoms with Crippen LogP contribution < -0.4 is 5.32 Å². The van der Waals surface area contributed by atoms with Crippen molar-refractivity contribution in [3.8, 4) is 11.3 Å². The van der Waals surface area contributed by atoms with Crippen molar-refractivity contribution in [1.29, 1.82) is 0 Å². The summed E-state index contributed by atoms with van der Waals surface area (Å²) < 4.78 is 18.6. The molecule has 100 valence electrons. The van der Waals surface area contributed by atoms with Crippen LogP contribution in [-0.2, 0) is 6.54 Å². The molecular weight excluding hydrogens is 241 g/mol. The molecule has 1 aliphatic rings. The molecule has 0 atom stereocenters. The van der Waals surface area contributed by atoms with Gasteiger partial charge in [0.1, 0.15) is 17.3 Å². The van der Waals surface area contributed by atoms with E-state index in [1.165, 1.54) is 25.0 Å². The number of hydrogen-bond acceptors (Lipinski definition) is 2. The van der Waals surface area contributed by atoms with Crippen molar-refractivity contribution >= 4 is 0 Å². The zero-order valence-electron chi connectivity index (χ0n) is 11.0. The topological polar surface area (TPSA) is 25.2 Å². The van der Waals surface area contributed by atoms with Gasteiger partial charge in [-0.05, 0) is 55.2 Å². The second-order valence-electron chi connectivity index (χ2n) is 5.43. The molecule has 1 N–H and O–H groups in total. The lowest BCUT2D eigenvalue weighted by Gasteiger charge is -2.33. The maximum atomic E-state index is 12.9. The molecule has 0 spiro atoms. The fraction of sp³-hybridized carbons (Fsp3) is 0.375. The van der Waals surface area contributed by atoms with Gasteiger partial charge in [-0.1, -0.05) is 6.92 Å². The van der Waals surface area contributed by atoms with Crippen molar-refractivity contribution in [3.05, 3.63) is 48.0 Å². The molecule has 1 aromatic carbocycles. The van der Waals surface area contributed by atoms with E-state index in [2.05, 4.69) is 12.2 Å². The summed E-state index contributed by atoms with van der Waals surface area (Å²) in [5, 5.41) is 3.49. The summed E-state index contributed by atoms with van der Waals surface area (Å²) in [6.07, 6.45) is 2.51. The van der Waals surface area contributed by atoms with Crippen molar-refractivity contribution in [1.82, 2.24) is 5.32 Å². The molecule has 0 radical (unpaired) electrons. The maximum Gasteiger partial charge on any atom is 0.134 e. The Morgan fingerprint density at radius 3 is 2.58 bits per heavy atom. The molecule has 1 saturated carbocycles. The third kappa shape index (κ3) is 2.87. The Labute approximate surface area is 112 Å². The van der Waals surface area contributed by atoms with Gasteiger partial charge < -0.3 is 9.73 Å². The van der Waals surface area contributed by atoms with Crippen molar-refractivity contribution in [3.63, 3.8) is 0 Å². The molecule has 3 rings (SSSR count). The van der Waals surface area contributed by atoms with Gasteiger partial charge in [-0.25, -0.2) is 4.39 Å². The van der Waals surface area contributed by atoms with Crippen LogP contribution in [0.25, 0.3) is 11.3 Å². The smallest absolute Gasteiger partial charge is 0.134 e. The minimum Gasteiger partial charge on any atom is -0.460 e. The van der Waals surface area contributed by atoms with Gasteiger partial charge in [0, 0.05) is 11.6 Å². The van der Waals surface area contributed by atoms with E-state index in [0.29, 0.717) is 6.04 Å². The van der Waals surface area contributed by atoms with Gasteiger partial charge >= 0.3 is 0 Å². The first kappa shape index (κ1) is 12.4. The van der Waals surface area contributed by atoms with Crippen LogP contribution in [0.4, 0.5) is 4.39 Å². The van der Waals surface area contributed by atoms with Gasteiger partial charge in [0.2, 0.25) is 0 Å². The number of benzene rings is 1. The Morgan fingerprint density at radius 1 is 1.16 bits per heavy atom. The average Bonchev–Trinajstić information content (AvgIpc) is 2.83. The summed E-state index contributed by atoms with van der Waals surface area (Å²) in [6.45, 7) is 3.04. The number of furan rings is 1. The normalized spacial score (nSPS) is 22.2. The lowest BCUT2D eigenvalue weighted by Crippen LogP contribution is -2.39. The molecule has 0 bridgehead atoms.